The van der Waals surface area contributed by atoms with Gasteiger partial charge in [0.25, 0.3) is 0 Å². The maximum Gasteiger partial charge on any atom is 0.416 e. The molecule has 2 amide bonds. The number of anilines is 1. The van der Waals surface area contributed by atoms with E-state index in [1.165, 1.54) is 36.8 Å². The predicted molar refractivity (Wildman–Crippen MR) is 200 cm³/mol. The number of carbonyl (C=O) groups excluding carboxylic acids is 3. The zero-order chi connectivity index (χ0) is 37.1. The molecule has 1 aliphatic rings. The van der Waals surface area contributed by atoms with Crippen molar-refractivity contribution < 1.29 is 27.6 Å². The first-order valence-corrected chi connectivity index (χ1v) is 17.9. The predicted octanol–water partition coefficient (Wildman–Crippen LogP) is 8.64. The number of alkyl halides is 3. The third kappa shape index (κ3) is 10.4. The molecule has 0 N–H and O–H groups in total. The molecule has 4 aromatic carbocycles. The molecule has 272 valence electrons. The van der Waals surface area contributed by atoms with Crippen molar-refractivity contribution in [2.45, 2.75) is 64.7 Å². The first-order chi connectivity index (χ1) is 25.0. The third-order valence-electron chi connectivity index (χ3n) is 9.55. The van der Waals surface area contributed by atoms with Crippen molar-refractivity contribution in [2.24, 2.45) is 0 Å². The van der Waals surface area contributed by atoms with E-state index >= 15 is 0 Å². The van der Waals surface area contributed by atoms with Gasteiger partial charge in [0.05, 0.1) is 5.56 Å². The lowest BCUT2D eigenvalue weighted by Crippen LogP contribution is -2.56. The minimum Gasteiger partial charge on any atom is -0.368 e. The van der Waals surface area contributed by atoms with Crippen LogP contribution in [0.3, 0.4) is 0 Å². The fraction of sp³-hybridized carbons (Fsp3) is 0.326. The van der Waals surface area contributed by atoms with Crippen LogP contribution < -0.4 is 4.90 Å². The molecular weight excluding hydrogens is 663 g/mol. The van der Waals surface area contributed by atoms with Crippen LogP contribution in [-0.4, -0.2) is 59.6 Å². The average Bonchev–Trinajstić information content (AvgIpc) is 3.16. The van der Waals surface area contributed by atoms with Crippen LogP contribution in [0.15, 0.2) is 109 Å². The Balaban J connectivity index is 1.41. The van der Waals surface area contributed by atoms with Gasteiger partial charge in [-0.1, -0.05) is 86.5 Å². The number of hydrogen-bond donors (Lipinski definition) is 0. The largest absolute Gasteiger partial charge is 0.416 e. The number of unbranched alkanes of at least 4 members (excludes halogenated alkanes) is 2. The molecule has 4 aromatic rings. The molecule has 52 heavy (non-hydrogen) atoms. The summed E-state index contributed by atoms with van der Waals surface area (Å²) < 4.78 is 39.5. The first-order valence-electron chi connectivity index (χ1n) is 17.9. The molecule has 0 bridgehead atoms. The summed E-state index contributed by atoms with van der Waals surface area (Å²) in [5, 5.41) is 0. The molecule has 0 saturated carbocycles. The van der Waals surface area contributed by atoms with Crippen LogP contribution in [0.5, 0.6) is 0 Å². The van der Waals surface area contributed by atoms with Gasteiger partial charge in [0.15, 0.2) is 5.78 Å². The number of nitrogens with zero attached hydrogens (tertiary/aromatic N) is 3. The van der Waals surface area contributed by atoms with Gasteiger partial charge in [-0.3, -0.25) is 14.4 Å². The summed E-state index contributed by atoms with van der Waals surface area (Å²) in [5.74, 6) is -0.573. The number of ketones is 1. The van der Waals surface area contributed by atoms with Gasteiger partial charge >= 0.3 is 6.18 Å². The van der Waals surface area contributed by atoms with Gasteiger partial charge in [-0.15, -0.1) is 0 Å². The van der Waals surface area contributed by atoms with Gasteiger partial charge in [0.1, 0.15) is 6.04 Å². The molecule has 0 unspecified atom stereocenters. The van der Waals surface area contributed by atoms with Crippen molar-refractivity contribution in [3.63, 3.8) is 0 Å². The minimum absolute atomic E-state index is 0.00245. The lowest BCUT2D eigenvalue weighted by atomic mass is 10.0. The van der Waals surface area contributed by atoms with Crippen LogP contribution in [0, 0.1) is 0 Å². The Morgan fingerprint density at radius 1 is 0.769 bits per heavy atom. The molecule has 1 aliphatic heterocycles. The van der Waals surface area contributed by atoms with Gasteiger partial charge in [-0.05, 0) is 84.5 Å². The van der Waals surface area contributed by atoms with E-state index in [-0.39, 0.29) is 18.2 Å². The van der Waals surface area contributed by atoms with Crippen LogP contribution in [-0.2, 0) is 35.2 Å². The number of hydrogen-bond acceptors (Lipinski definition) is 4. The summed E-state index contributed by atoms with van der Waals surface area (Å²) in [6.45, 7) is 5.96. The van der Waals surface area contributed by atoms with Gasteiger partial charge in [0.2, 0.25) is 11.8 Å². The number of rotatable bonds is 14. The van der Waals surface area contributed by atoms with Crippen LogP contribution >= 0.6 is 0 Å². The zero-order valence-corrected chi connectivity index (χ0v) is 29.8. The average molecular weight is 710 g/mol. The van der Waals surface area contributed by atoms with Crippen molar-refractivity contribution in [1.82, 2.24) is 9.80 Å². The van der Waals surface area contributed by atoms with Crippen LogP contribution in [0.25, 0.3) is 6.08 Å². The molecule has 1 saturated heterocycles. The molecule has 5 rings (SSSR count). The summed E-state index contributed by atoms with van der Waals surface area (Å²) in [4.78, 5) is 46.1. The lowest BCUT2D eigenvalue weighted by molar-refractivity contribution is -0.144. The SMILES string of the molecule is CCCCCc1ccc(CN(C(=O)/C=C/c2ccc(C(F)(F)F)cc2)[C@@H](Cc2ccccc2)C(=O)N2CCN(c3ccc(C(C)=O)cc3)CC2)cc1. The Bertz CT molecular complexity index is 1800. The summed E-state index contributed by atoms with van der Waals surface area (Å²) in [6.07, 6.45) is 3.02. The van der Waals surface area contributed by atoms with Crippen LogP contribution in [0.4, 0.5) is 18.9 Å². The molecule has 0 aromatic heterocycles. The molecule has 6 nitrogen and oxygen atoms in total. The quantitative estimate of drug-likeness (QED) is 0.0748. The van der Waals surface area contributed by atoms with Crippen molar-refractivity contribution in [3.05, 3.63) is 143 Å². The Labute approximate surface area is 304 Å². The number of benzene rings is 4. The maximum absolute atomic E-state index is 14.6. The highest BCUT2D eigenvalue weighted by molar-refractivity contribution is 5.96. The third-order valence-corrected chi connectivity index (χ3v) is 9.55. The Morgan fingerprint density at radius 3 is 2.00 bits per heavy atom. The Morgan fingerprint density at radius 2 is 1.40 bits per heavy atom. The topological polar surface area (TPSA) is 60.9 Å². The van der Waals surface area contributed by atoms with E-state index in [4.69, 9.17) is 0 Å². The summed E-state index contributed by atoms with van der Waals surface area (Å²) in [6, 6.07) is 29.0. The fourth-order valence-corrected chi connectivity index (χ4v) is 6.45. The number of halogens is 3. The summed E-state index contributed by atoms with van der Waals surface area (Å²) in [5.41, 5.74) is 4.28. The highest BCUT2D eigenvalue weighted by atomic mass is 19.4. The van der Waals surface area contributed by atoms with E-state index in [1.54, 1.807) is 4.90 Å². The molecule has 1 atom stereocenters. The molecule has 0 aliphatic carbocycles. The smallest absolute Gasteiger partial charge is 0.368 e. The zero-order valence-electron chi connectivity index (χ0n) is 29.8. The van der Waals surface area contributed by atoms with Crippen LogP contribution in [0.2, 0.25) is 0 Å². The van der Waals surface area contributed by atoms with Gasteiger partial charge in [0, 0.05) is 56.5 Å². The van der Waals surface area contributed by atoms with E-state index in [1.807, 2.05) is 71.6 Å². The maximum atomic E-state index is 14.6. The number of amides is 2. The van der Waals surface area contributed by atoms with Crippen molar-refractivity contribution in [1.29, 1.82) is 0 Å². The van der Waals surface area contributed by atoms with Gasteiger partial charge < -0.3 is 14.7 Å². The number of piperazine rings is 1. The van der Waals surface area contributed by atoms with E-state index in [9.17, 15) is 27.6 Å². The van der Waals surface area contributed by atoms with Gasteiger partial charge in [-0.2, -0.15) is 13.2 Å². The van der Waals surface area contributed by atoms with E-state index in [0.29, 0.717) is 43.7 Å². The van der Waals surface area contributed by atoms with E-state index in [0.717, 1.165) is 54.6 Å². The highest BCUT2D eigenvalue weighted by Crippen LogP contribution is 2.29. The summed E-state index contributed by atoms with van der Waals surface area (Å²) >= 11 is 0. The van der Waals surface area contributed by atoms with Crippen molar-refractivity contribution in [2.75, 3.05) is 31.1 Å². The second-order valence-corrected chi connectivity index (χ2v) is 13.3. The van der Waals surface area contributed by atoms with Crippen LogP contribution in [0.1, 0.15) is 71.3 Å². The van der Waals surface area contributed by atoms with E-state index < -0.39 is 23.7 Å². The monoisotopic (exact) mass is 709 g/mol. The molecule has 0 spiro atoms. The summed E-state index contributed by atoms with van der Waals surface area (Å²) in [7, 11) is 0. The normalized spacial score (nSPS) is 14.0. The highest BCUT2D eigenvalue weighted by Gasteiger charge is 2.34. The van der Waals surface area contributed by atoms with Gasteiger partial charge in [-0.25, -0.2) is 0 Å². The Kier molecular flexibility index (Phi) is 13.1. The molecular formula is C43H46F3N3O3. The van der Waals surface area contributed by atoms with Crippen molar-refractivity contribution >= 4 is 29.4 Å². The number of carbonyl (C=O) groups is 3. The second kappa shape index (κ2) is 17.8. The van der Waals surface area contributed by atoms with Crippen molar-refractivity contribution in [3.8, 4) is 0 Å². The minimum atomic E-state index is -4.46. The molecule has 9 heteroatoms. The second-order valence-electron chi connectivity index (χ2n) is 13.3. The Hall–Kier alpha value is -5.18. The fourth-order valence-electron chi connectivity index (χ4n) is 6.45. The molecule has 1 fully saturated rings. The van der Waals surface area contributed by atoms with E-state index in [2.05, 4.69) is 24.0 Å². The number of Topliss-reactive ketones (excluding diaryl/α,β-unsaturated/α-hetero) is 1. The number of aryl methyl sites for hydroxylation is 1. The molecule has 0 radical (unpaired) electrons. The standard InChI is InChI=1S/C43H46F3N3O3/c1-3-4-6-9-33-12-14-36(15-13-33)31-49(41(51)25-18-34-16-21-38(22-17-34)43(44,45)46)40(30-35-10-7-5-8-11-35)42(52)48-28-26-47(27-29-48)39-23-19-37(20-24-39)32(2)50/h5,7-8,10-25,40H,3-4,6,9,26-31H2,1-2H3/b25-18+/t40-/m0/s1. The lowest BCUT2D eigenvalue weighted by Gasteiger charge is -2.40. The molecule has 1 heterocycles. The first kappa shape index (κ1) is 38.1.